The summed E-state index contributed by atoms with van der Waals surface area (Å²) >= 11 is 0. The van der Waals surface area contributed by atoms with Crippen LogP contribution in [-0.4, -0.2) is 23.6 Å². The number of furan rings is 1. The number of rotatable bonds is 5. The van der Waals surface area contributed by atoms with E-state index < -0.39 is 0 Å². The average Bonchev–Trinajstić information content (AvgIpc) is 2.94. The summed E-state index contributed by atoms with van der Waals surface area (Å²) in [4.78, 5) is 7.97. The molecule has 2 aromatic rings. The lowest BCUT2D eigenvalue weighted by Crippen LogP contribution is -2.15. The highest BCUT2D eigenvalue weighted by molar-refractivity contribution is 5.46. The van der Waals surface area contributed by atoms with E-state index in [0.717, 1.165) is 0 Å². The molecule has 2 rings (SSSR count). The van der Waals surface area contributed by atoms with Gasteiger partial charge in [-0.1, -0.05) is 0 Å². The Labute approximate surface area is 104 Å². The molecule has 0 bridgehead atoms. The summed E-state index contributed by atoms with van der Waals surface area (Å²) in [6, 6.07) is 5.60. The standard InChI is InChI=1S/C12H12N4O2/c1-17-11(10-3-2-6-18-10)8-16-12-9(7-13)14-4-5-15-12/h2-6,11H,8H2,1H3,(H,15,16). The van der Waals surface area contributed by atoms with Crippen LogP contribution in [0.15, 0.2) is 35.2 Å². The van der Waals surface area contributed by atoms with Gasteiger partial charge in [-0.05, 0) is 12.1 Å². The predicted octanol–water partition coefficient (Wildman–Crippen LogP) is 1.74. The smallest absolute Gasteiger partial charge is 0.182 e. The second-order valence-corrected chi connectivity index (χ2v) is 3.49. The molecule has 1 N–H and O–H groups in total. The minimum absolute atomic E-state index is 0.242. The van der Waals surface area contributed by atoms with Crippen LogP contribution in [0.25, 0.3) is 0 Å². The van der Waals surface area contributed by atoms with Crippen molar-refractivity contribution in [3.05, 3.63) is 42.2 Å². The molecule has 92 valence electrons. The van der Waals surface area contributed by atoms with Gasteiger partial charge in [0.25, 0.3) is 0 Å². The van der Waals surface area contributed by atoms with E-state index in [0.29, 0.717) is 18.1 Å². The fraction of sp³-hybridized carbons (Fsp3) is 0.250. The number of hydrogen-bond acceptors (Lipinski definition) is 6. The van der Waals surface area contributed by atoms with E-state index in [2.05, 4.69) is 15.3 Å². The van der Waals surface area contributed by atoms with E-state index in [1.807, 2.05) is 12.1 Å². The molecule has 2 aromatic heterocycles. The van der Waals surface area contributed by atoms with Crippen LogP contribution in [0, 0.1) is 11.3 Å². The molecule has 0 saturated heterocycles. The van der Waals surface area contributed by atoms with E-state index in [1.54, 1.807) is 19.4 Å². The third kappa shape index (κ3) is 2.64. The van der Waals surface area contributed by atoms with Crippen LogP contribution in [0.4, 0.5) is 5.82 Å². The number of anilines is 1. The first kappa shape index (κ1) is 12.1. The van der Waals surface area contributed by atoms with Crippen molar-refractivity contribution in [1.82, 2.24) is 9.97 Å². The Balaban J connectivity index is 2.05. The Bertz CT molecular complexity index is 533. The Hall–Kier alpha value is -2.39. The third-order valence-electron chi connectivity index (χ3n) is 2.40. The van der Waals surface area contributed by atoms with Gasteiger partial charge >= 0.3 is 0 Å². The van der Waals surface area contributed by atoms with Gasteiger partial charge in [-0.2, -0.15) is 5.26 Å². The van der Waals surface area contributed by atoms with Gasteiger partial charge < -0.3 is 14.5 Å². The second kappa shape index (κ2) is 5.80. The highest BCUT2D eigenvalue weighted by atomic mass is 16.5. The molecule has 1 atom stereocenters. The van der Waals surface area contributed by atoms with Crippen LogP contribution in [-0.2, 0) is 4.74 Å². The van der Waals surface area contributed by atoms with Crippen molar-refractivity contribution in [1.29, 1.82) is 5.26 Å². The van der Waals surface area contributed by atoms with Gasteiger partial charge in [0.05, 0.1) is 6.26 Å². The number of nitrogens with zero attached hydrogens (tertiary/aromatic N) is 3. The van der Waals surface area contributed by atoms with Gasteiger partial charge in [0.15, 0.2) is 11.5 Å². The van der Waals surface area contributed by atoms with Gasteiger partial charge in [-0.15, -0.1) is 0 Å². The monoisotopic (exact) mass is 244 g/mol. The SMILES string of the molecule is COC(CNc1nccnc1C#N)c1ccco1. The largest absolute Gasteiger partial charge is 0.467 e. The van der Waals surface area contributed by atoms with Gasteiger partial charge in [-0.25, -0.2) is 9.97 Å². The van der Waals surface area contributed by atoms with Crippen LogP contribution >= 0.6 is 0 Å². The lowest BCUT2D eigenvalue weighted by atomic mass is 10.2. The van der Waals surface area contributed by atoms with Crippen molar-refractivity contribution in [3.8, 4) is 6.07 Å². The van der Waals surface area contributed by atoms with Crippen molar-refractivity contribution in [2.45, 2.75) is 6.10 Å². The maximum Gasteiger partial charge on any atom is 0.182 e. The summed E-state index contributed by atoms with van der Waals surface area (Å²) in [5.41, 5.74) is 0.256. The van der Waals surface area contributed by atoms with Crippen LogP contribution in [0.5, 0.6) is 0 Å². The summed E-state index contributed by atoms with van der Waals surface area (Å²) in [6.07, 6.45) is 4.35. The maximum absolute atomic E-state index is 8.88. The number of nitrogens with one attached hydrogen (secondary N) is 1. The molecule has 6 heteroatoms. The van der Waals surface area contributed by atoms with E-state index in [9.17, 15) is 0 Å². The molecule has 0 amide bonds. The lowest BCUT2D eigenvalue weighted by Gasteiger charge is -2.14. The Morgan fingerprint density at radius 2 is 2.33 bits per heavy atom. The van der Waals surface area contributed by atoms with Crippen molar-refractivity contribution >= 4 is 5.82 Å². The molecule has 0 aromatic carbocycles. The van der Waals surface area contributed by atoms with Gasteiger partial charge in [0.1, 0.15) is 17.9 Å². The zero-order valence-electron chi connectivity index (χ0n) is 9.83. The molecule has 0 spiro atoms. The molecule has 0 aliphatic heterocycles. The fourth-order valence-corrected chi connectivity index (χ4v) is 1.51. The molecule has 0 radical (unpaired) electrons. The van der Waals surface area contributed by atoms with Gasteiger partial charge in [0.2, 0.25) is 0 Å². The summed E-state index contributed by atoms with van der Waals surface area (Å²) < 4.78 is 10.6. The average molecular weight is 244 g/mol. The highest BCUT2D eigenvalue weighted by Gasteiger charge is 2.14. The van der Waals surface area contributed by atoms with Crippen LogP contribution in [0.2, 0.25) is 0 Å². The number of ether oxygens (including phenoxy) is 1. The summed E-state index contributed by atoms with van der Waals surface area (Å²) in [6.45, 7) is 0.442. The summed E-state index contributed by atoms with van der Waals surface area (Å²) in [5, 5.41) is 11.9. The molecular formula is C12H12N4O2. The molecule has 6 nitrogen and oxygen atoms in total. The normalized spacial score (nSPS) is 11.8. The molecule has 0 aliphatic carbocycles. The molecule has 1 unspecified atom stereocenters. The van der Waals surface area contributed by atoms with Crippen LogP contribution in [0.3, 0.4) is 0 Å². The van der Waals surface area contributed by atoms with E-state index >= 15 is 0 Å². The second-order valence-electron chi connectivity index (χ2n) is 3.49. The van der Waals surface area contributed by atoms with Crippen molar-refractivity contribution < 1.29 is 9.15 Å². The predicted molar refractivity (Wildman–Crippen MR) is 63.7 cm³/mol. The van der Waals surface area contributed by atoms with Gasteiger partial charge in [0, 0.05) is 26.0 Å². The van der Waals surface area contributed by atoms with Crippen LogP contribution < -0.4 is 5.32 Å². The van der Waals surface area contributed by atoms with Crippen molar-refractivity contribution in [3.63, 3.8) is 0 Å². The van der Waals surface area contributed by atoms with Crippen molar-refractivity contribution in [2.24, 2.45) is 0 Å². The van der Waals surface area contributed by atoms with E-state index in [1.165, 1.54) is 12.4 Å². The lowest BCUT2D eigenvalue weighted by molar-refractivity contribution is 0.0943. The quantitative estimate of drug-likeness (QED) is 0.862. The molecular weight excluding hydrogens is 232 g/mol. The van der Waals surface area contributed by atoms with E-state index in [4.69, 9.17) is 14.4 Å². The Morgan fingerprint density at radius 1 is 1.50 bits per heavy atom. The molecule has 18 heavy (non-hydrogen) atoms. The van der Waals surface area contributed by atoms with Crippen molar-refractivity contribution in [2.75, 3.05) is 19.0 Å². The zero-order valence-corrected chi connectivity index (χ0v) is 9.83. The number of aromatic nitrogens is 2. The highest BCUT2D eigenvalue weighted by Crippen LogP contribution is 2.18. The summed E-state index contributed by atoms with van der Waals surface area (Å²) in [5.74, 6) is 1.15. The first-order valence-electron chi connectivity index (χ1n) is 5.36. The van der Waals surface area contributed by atoms with Crippen LogP contribution in [0.1, 0.15) is 17.6 Å². The zero-order chi connectivity index (χ0) is 12.8. The minimum Gasteiger partial charge on any atom is -0.467 e. The number of methoxy groups -OCH3 is 1. The number of nitriles is 1. The maximum atomic E-state index is 8.88. The fourth-order valence-electron chi connectivity index (χ4n) is 1.51. The van der Waals surface area contributed by atoms with E-state index in [-0.39, 0.29) is 11.8 Å². The Kier molecular flexibility index (Phi) is 3.89. The van der Waals surface area contributed by atoms with Gasteiger partial charge in [-0.3, -0.25) is 0 Å². The topological polar surface area (TPSA) is 84.0 Å². The molecule has 2 heterocycles. The first-order chi connectivity index (χ1) is 8.85. The third-order valence-corrected chi connectivity index (χ3v) is 2.40. The molecule has 0 aliphatic rings. The minimum atomic E-state index is -0.242. The summed E-state index contributed by atoms with van der Waals surface area (Å²) in [7, 11) is 1.59. The Morgan fingerprint density at radius 3 is 3.00 bits per heavy atom. The first-order valence-corrected chi connectivity index (χ1v) is 5.36. The molecule has 0 fully saturated rings. The molecule has 0 saturated carbocycles. The number of hydrogen-bond donors (Lipinski definition) is 1.